The molecule has 0 unspecified atom stereocenters. The van der Waals surface area contributed by atoms with Crippen LogP contribution in [-0.2, 0) is 19.9 Å². The second-order valence-corrected chi connectivity index (χ2v) is 10.5. The van der Waals surface area contributed by atoms with Gasteiger partial charge in [-0.05, 0) is 52.2 Å². The van der Waals surface area contributed by atoms with Gasteiger partial charge in [-0.15, -0.1) is 11.8 Å². The van der Waals surface area contributed by atoms with E-state index in [4.69, 9.17) is 16.3 Å². The molecule has 2 aliphatic heterocycles. The number of hydrogen-bond acceptors (Lipinski definition) is 6. The van der Waals surface area contributed by atoms with Crippen LogP contribution < -0.4 is 10.2 Å². The number of ether oxygens (including phenoxy) is 1. The molecule has 3 heterocycles. The number of anilines is 1. The third kappa shape index (κ3) is 4.43. The molecule has 2 atom stereocenters. The Morgan fingerprint density at radius 1 is 1.03 bits per heavy atom. The Balaban J connectivity index is 1.45. The van der Waals surface area contributed by atoms with Gasteiger partial charge in [-0.1, -0.05) is 35.9 Å². The summed E-state index contributed by atoms with van der Waals surface area (Å²) in [7, 11) is 0. The number of thiophene rings is 1. The summed E-state index contributed by atoms with van der Waals surface area (Å²) in [5.74, 6) is -0.397. The summed E-state index contributed by atoms with van der Waals surface area (Å²) < 4.78 is 5.45. The molecule has 0 bridgehead atoms. The summed E-state index contributed by atoms with van der Waals surface area (Å²) in [6, 6.07) is 17.4. The van der Waals surface area contributed by atoms with E-state index in [2.05, 4.69) is 22.3 Å². The normalized spacial score (nSPS) is 23.4. The predicted molar refractivity (Wildman–Crippen MR) is 133 cm³/mol. The molecule has 170 valence electrons. The van der Waals surface area contributed by atoms with Crippen LogP contribution >= 0.6 is 34.7 Å². The number of carbonyl (C=O) groups excluding carboxylic acids is 2. The number of ketones is 1. The van der Waals surface area contributed by atoms with E-state index in [-0.39, 0.29) is 18.1 Å². The summed E-state index contributed by atoms with van der Waals surface area (Å²) in [5.41, 5.74) is 2.06. The van der Waals surface area contributed by atoms with Crippen molar-refractivity contribution in [2.24, 2.45) is 0 Å². The number of nitrogens with zero attached hydrogens (tertiary/aromatic N) is 1. The Morgan fingerprint density at radius 2 is 1.79 bits per heavy atom. The smallest absolute Gasteiger partial charge is 0.242 e. The maximum Gasteiger partial charge on any atom is 0.242 e. The van der Waals surface area contributed by atoms with Crippen LogP contribution in [0.3, 0.4) is 0 Å². The van der Waals surface area contributed by atoms with Gasteiger partial charge in [0.15, 0.2) is 5.78 Å². The molecule has 2 aliphatic rings. The minimum atomic E-state index is -0.880. The Morgan fingerprint density at radius 3 is 2.45 bits per heavy atom. The van der Waals surface area contributed by atoms with E-state index in [0.717, 1.165) is 48.0 Å². The number of hydrogen-bond donors (Lipinski definition) is 1. The van der Waals surface area contributed by atoms with E-state index in [1.165, 1.54) is 11.8 Å². The number of thioether (sulfide) groups is 1. The van der Waals surface area contributed by atoms with Gasteiger partial charge in [-0.25, -0.2) is 0 Å². The first-order valence-corrected chi connectivity index (χ1v) is 13.0. The summed E-state index contributed by atoms with van der Waals surface area (Å²) in [4.78, 5) is 29.7. The van der Waals surface area contributed by atoms with Crippen LogP contribution in [0.25, 0.3) is 0 Å². The fourth-order valence-electron chi connectivity index (χ4n) is 4.41. The highest BCUT2D eigenvalue weighted by Gasteiger charge is 2.47. The SMILES string of the molecule is O=C1C[C@@](c2ccc(N3CCOCC3)cc2)(c2ccsc2)NC(=O)[C@@H]1Sc1ccccc1Cl. The number of amides is 1. The first-order valence-electron chi connectivity index (χ1n) is 10.8. The second-order valence-electron chi connectivity index (χ2n) is 8.12. The van der Waals surface area contributed by atoms with Crippen molar-refractivity contribution in [3.8, 4) is 0 Å². The van der Waals surface area contributed by atoms with Gasteiger partial charge in [0.2, 0.25) is 5.91 Å². The van der Waals surface area contributed by atoms with E-state index < -0.39 is 10.8 Å². The molecular weight excluding hydrogens is 476 g/mol. The third-order valence-electron chi connectivity index (χ3n) is 6.14. The maximum absolute atomic E-state index is 13.4. The molecule has 0 saturated carbocycles. The lowest BCUT2D eigenvalue weighted by molar-refractivity contribution is -0.132. The number of piperidine rings is 1. The molecule has 1 aromatic heterocycles. The number of Topliss-reactive ketones (excluding diaryl/α,β-unsaturated/α-hetero) is 1. The lowest BCUT2D eigenvalue weighted by Crippen LogP contribution is -2.57. The van der Waals surface area contributed by atoms with Crippen molar-refractivity contribution in [1.29, 1.82) is 0 Å². The zero-order chi connectivity index (χ0) is 22.8. The highest BCUT2D eigenvalue weighted by atomic mass is 35.5. The average molecular weight is 499 g/mol. The topological polar surface area (TPSA) is 58.6 Å². The van der Waals surface area contributed by atoms with Crippen LogP contribution in [0, 0.1) is 0 Å². The number of rotatable bonds is 5. The largest absolute Gasteiger partial charge is 0.378 e. The molecule has 1 N–H and O–H groups in total. The Hall–Kier alpha value is -2.32. The predicted octanol–water partition coefficient (Wildman–Crippen LogP) is 4.73. The zero-order valence-electron chi connectivity index (χ0n) is 17.8. The number of halogens is 1. The lowest BCUT2D eigenvalue weighted by atomic mass is 9.77. The Bertz CT molecular complexity index is 1130. The summed E-state index contributed by atoms with van der Waals surface area (Å²) in [6.07, 6.45) is 0.189. The van der Waals surface area contributed by atoms with Crippen molar-refractivity contribution in [2.75, 3.05) is 31.2 Å². The highest BCUT2D eigenvalue weighted by Crippen LogP contribution is 2.41. The maximum atomic E-state index is 13.4. The number of nitrogens with one attached hydrogen (secondary N) is 1. The monoisotopic (exact) mass is 498 g/mol. The molecule has 1 amide bonds. The molecular formula is C25H23ClN2O3S2. The van der Waals surface area contributed by atoms with E-state index in [1.807, 2.05) is 47.2 Å². The molecule has 3 aromatic rings. The molecule has 2 saturated heterocycles. The molecule has 2 aromatic carbocycles. The minimum Gasteiger partial charge on any atom is -0.378 e. The zero-order valence-corrected chi connectivity index (χ0v) is 20.2. The standard InChI is InChI=1S/C25H23ClN2O3S2/c26-20-3-1-2-4-22(20)33-23-21(29)15-25(27-24(23)30,18-9-14-32-16-18)17-5-7-19(8-6-17)28-10-12-31-13-11-28/h1-9,14,16,23H,10-13,15H2,(H,27,30)/t23-,25-/m1/s1. The third-order valence-corrected chi connectivity index (χ3v) is 8.59. The van der Waals surface area contributed by atoms with Crippen LogP contribution in [0.5, 0.6) is 0 Å². The van der Waals surface area contributed by atoms with Crippen molar-refractivity contribution >= 4 is 52.1 Å². The average Bonchev–Trinajstić information content (AvgIpc) is 3.39. The van der Waals surface area contributed by atoms with Gasteiger partial charge in [0, 0.05) is 30.1 Å². The molecule has 8 heteroatoms. The van der Waals surface area contributed by atoms with Gasteiger partial charge in [0.1, 0.15) is 5.25 Å². The molecule has 33 heavy (non-hydrogen) atoms. The minimum absolute atomic E-state index is 0.105. The van der Waals surface area contributed by atoms with Gasteiger partial charge in [0.25, 0.3) is 0 Å². The molecule has 0 spiro atoms. The van der Waals surface area contributed by atoms with Crippen molar-refractivity contribution in [2.45, 2.75) is 22.1 Å². The first-order chi connectivity index (χ1) is 16.1. The van der Waals surface area contributed by atoms with E-state index in [9.17, 15) is 9.59 Å². The molecule has 0 aliphatic carbocycles. The van der Waals surface area contributed by atoms with Crippen LogP contribution in [0.15, 0.2) is 70.3 Å². The fourth-order valence-corrected chi connectivity index (χ4v) is 6.38. The van der Waals surface area contributed by atoms with Gasteiger partial charge < -0.3 is 15.0 Å². The number of benzene rings is 2. The van der Waals surface area contributed by atoms with Crippen molar-refractivity contribution in [3.63, 3.8) is 0 Å². The van der Waals surface area contributed by atoms with E-state index in [0.29, 0.717) is 5.02 Å². The van der Waals surface area contributed by atoms with Crippen LogP contribution in [0.2, 0.25) is 5.02 Å². The first kappa shape index (κ1) is 22.5. The van der Waals surface area contributed by atoms with Gasteiger partial charge in [-0.3, -0.25) is 9.59 Å². The van der Waals surface area contributed by atoms with Crippen molar-refractivity contribution in [3.05, 3.63) is 81.5 Å². The lowest BCUT2D eigenvalue weighted by Gasteiger charge is -2.40. The number of carbonyl (C=O) groups is 2. The van der Waals surface area contributed by atoms with Crippen LogP contribution in [-0.4, -0.2) is 43.2 Å². The summed E-state index contributed by atoms with van der Waals surface area (Å²) >= 11 is 9.04. The summed E-state index contributed by atoms with van der Waals surface area (Å²) in [6.45, 7) is 3.14. The van der Waals surface area contributed by atoms with Crippen molar-refractivity contribution in [1.82, 2.24) is 5.32 Å². The molecule has 2 fully saturated rings. The van der Waals surface area contributed by atoms with Crippen LogP contribution in [0.4, 0.5) is 5.69 Å². The molecule has 5 rings (SSSR count). The van der Waals surface area contributed by atoms with Crippen molar-refractivity contribution < 1.29 is 14.3 Å². The molecule has 0 radical (unpaired) electrons. The van der Waals surface area contributed by atoms with Crippen LogP contribution in [0.1, 0.15) is 17.5 Å². The number of morpholine rings is 1. The van der Waals surface area contributed by atoms with E-state index >= 15 is 0 Å². The highest BCUT2D eigenvalue weighted by molar-refractivity contribution is 8.01. The molecule has 5 nitrogen and oxygen atoms in total. The Labute approximate surface area is 206 Å². The fraction of sp³-hybridized carbons (Fsp3) is 0.280. The second kappa shape index (κ2) is 9.50. The van der Waals surface area contributed by atoms with E-state index in [1.54, 1.807) is 17.4 Å². The Kier molecular flexibility index (Phi) is 6.47. The summed E-state index contributed by atoms with van der Waals surface area (Å²) in [5, 5.41) is 6.90. The van der Waals surface area contributed by atoms with Gasteiger partial charge in [0.05, 0.1) is 23.8 Å². The van der Waals surface area contributed by atoms with Gasteiger partial charge >= 0.3 is 0 Å². The quantitative estimate of drug-likeness (QED) is 0.515. The van der Waals surface area contributed by atoms with Gasteiger partial charge in [-0.2, -0.15) is 11.3 Å².